The average Bonchev–Trinajstić information content (AvgIpc) is 1.66. The number of hydrogen-bond acceptors (Lipinski definition) is 16. The highest BCUT2D eigenvalue weighted by atomic mass is 16.6. The second-order valence-electron chi connectivity index (χ2n) is 25.0. The minimum absolute atomic E-state index is 0.0324. The van der Waals surface area contributed by atoms with Crippen LogP contribution in [-0.4, -0.2) is 104 Å². The topological polar surface area (TPSA) is 210 Å². The van der Waals surface area contributed by atoms with Gasteiger partial charge in [-0.2, -0.15) is 0 Å². The van der Waals surface area contributed by atoms with Gasteiger partial charge in [0.05, 0.1) is 61.4 Å². The third-order valence-electron chi connectivity index (χ3n) is 20.5. The minimum atomic E-state index is -0.0463. The van der Waals surface area contributed by atoms with Crippen LogP contribution in [0.1, 0.15) is 284 Å². The molecule has 9 heterocycles. The van der Waals surface area contributed by atoms with Crippen LogP contribution in [0.3, 0.4) is 0 Å². The van der Waals surface area contributed by atoms with Crippen molar-refractivity contribution >= 4 is 47.6 Å². The van der Waals surface area contributed by atoms with E-state index in [2.05, 4.69) is 4.74 Å². The third-order valence-corrected chi connectivity index (χ3v) is 20.5. The maximum Gasteiger partial charge on any atom is 0.312 e. The molecule has 16 heteroatoms. The lowest BCUT2D eigenvalue weighted by Crippen LogP contribution is -2.36. The molecule has 90 heavy (non-hydrogen) atoms. The first-order chi connectivity index (χ1) is 43.9. The molecule has 0 spiro atoms. The smallest absolute Gasteiger partial charge is 0.312 e. The molecule has 20 unspecified atom stereocenters. The highest BCUT2D eigenvalue weighted by Gasteiger charge is 2.59. The number of fused-ring (bicyclic) bond motifs is 11. The Bertz CT molecular complexity index is 2060. The van der Waals surface area contributed by atoms with Gasteiger partial charge in [0.25, 0.3) is 0 Å². The second-order valence-corrected chi connectivity index (χ2v) is 25.0. The summed E-state index contributed by atoms with van der Waals surface area (Å²) in [6.45, 7) is 34.1. The number of cyclic esters (lactones) is 3. The fourth-order valence-electron chi connectivity index (χ4n) is 16.7. The summed E-state index contributed by atoms with van der Waals surface area (Å²) in [6.07, 6.45) is 31.6. The predicted molar refractivity (Wildman–Crippen MR) is 350 cm³/mol. The molecule has 16 nitrogen and oxygen atoms in total. The van der Waals surface area contributed by atoms with Crippen molar-refractivity contribution in [1.29, 1.82) is 0 Å². The van der Waals surface area contributed by atoms with Gasteiger partial charge in [-0.15, -0.1) is 0 Å². The fourth-order valence-corrected chi connectivity index (χ4v) is 16.7. The molecule has 9 aliphatic heterocycles. The van der Waals surface area contributed by atoms with E-state index in [1.807, 2.05) is 111 Å². The number of ether oxygens (including phenoxy) is 8. The Morgan fingerprint density at radius 2 is 0.911 bits per heavy atom. The molecule has 0 aromatic rings. The van der Waals surface area contributed by atoms with E-state index >= 15 is 0 Å². The number of ketones is 1. The lowest BCUT2D eigenvalue weighted by atomic mass is 9.65. The van der Waals surface area contributed by atoms with Crippen molar-refractivity contribution in [1.82, 2.24) is 0 Å². The molecule has 20 atom stereocenters. The van der Waals surface area contributed by atoms with Gasteiger partial charge in [0.15, 0.2) is 0 Å². The maximum atomic E-state index is 11.2. The summed E-state index contributed by atoms with van der Waals surface area (Å²) in [4.78, 5) is 86.8. The Labute approximate surface area is 545 Å². The number of rotatable bonds is 0. The van der Waals surface area contributed by atoms with Crippen molar-refractivity contribution < 1.29 is 76.3 Å². The van der Waals surface area contributed by atoms with Crippen molar-refractivity contribution in [2.24, 2.45) is 82.9 Å². The van der Waals surface area contributed by atoms with Crippen molar-refractivity contribution in [3.8, 4) is 0 Å². The first-order valence-electron chi connectivity index (χ1n) is 37.4. The molecular formula is C74H128O16. The van der Waals surface area contributed by atoms with Crippen LogP contribution in [-0.2, 0) is 76.3 Å². The van der Waals surface area contributed by atoms with Gasteiger partial charge in [-0.05, 0) is 152 Å². The van der Waals surface area contributed by atoms with Gasteiger partial charge in [0, 0.05) is 49.4 Å². The van der Waals surface area contributed by atoms with E-state index in [9.17, 15) is 38.4 Å². The number of esters is 7. The van der Waals surface area contributed by atoms with Crippen molar-refractivity contribution in [2.45, 2.75) is 321 Å². The number of carbonyl (C=O) groups excluding carboxylic acids is 8. The Morgan fingerprint density at radius 3 is 1.39 bits per heavy atom. The molecule has 10 saturated carbocycles. The Morgan fingerprint density at radius 1 is 0.322 bits per heavy atom. The zero-order chi connectivity index (χ0) is 67.0. The van der Waals surface area contributed by atoms with E-state index in [0.717, 1.165) is 121 Å². The molecule has 0 N–H and O–H groups in total. The van der Waals surface area contributed by atoms with Gasteiger partial charge in [0.2, 0.25) is 0 Å². The summed E-state index contributed by atoms with van der Waals surface area (Å²) < 4.78 is 40.6. The summed E-state index contributed by atoms with van der Waals surface area (Å²) in [5, 5.41) is 0. The highest BCUT2D eigenvalue weighted by molar-refractivity contribution is 5.79. The van der Waals surface area contributed by atoms with E-state index in [-0.39, 0.29) is 77.9 Å². The zero-order valence-electron chi connectivity index (χ0n) is 59.3. The summed E-state index contributed by atoms with van der Waals surface area (Å²) in [7, 11) is 0. The van der Waals surface area contributed by atoms with E-state index in [0.29, 0.717) is 91.1 Å². The first-order valence-corrected chi connectivity index (χ1v) is 37.4. The van der Waals surface area contributed by atoms with Crippen molar-refractivity contribution in [2.75, 3.05) is 19.8 Å². The van der Waals surface area contributed by atoms with Crippen LogP contribution in [0.15, 0.2) is 0 Å². The average molecular weight is 1270 g/mol. The van der Waals surface area contributed by atoms with Crippen molar-refractivity contribution in [3.63, 3.8) is 0 Å². The molecule has 9 saturated heterocycles. The molecule has 0 radical (unpaired) electrons. The molecule has 19 aliphatic rings. The summed E-state index contributed by atoms with van der Waals surface area (Å²) >= 11 is 0. The van der Waals surface area contributed by atoms with Crippen LogP contribution in [0.5, 0.6) is 0 Å². The highest BCUT2D eigenvalue weighted by Crippen LogP contribution is 2.56. The van der Waals surface area contributed by atoms with Gasteiger partial charge in [-0.3, -0.25) is 38.4 Å². The Hall–Kier alpha value is -4.08. The van der Waals surface area contributed by atoms with E-state index < -0.39 is 0 Å². The van der Waals surface area contributed by atoms with Crippen LogP contribution in [0.2, 0.25) is 0 Å². The van der Waals surface area contributed by atoms with Gasteiger partial charge in [-0.25, -0.2) is 0 Å². The molecular weight excluding hydrogens is 1140 g/mol. The van der Waals surface area contributed by atoms with Crippen LogP contribution in [0, 0.1) is 82.9 Å². The number of carbonyl (C=O) groups is 8. The summed E-state index contributed by atoms with van der Waals surface area (Å²) in [5.74, 6) is 7.90. The standard InChI is InChI=1S/2C9H12O2.C8H10O2.C8H12O2.C7H8O3.C7H10O2.C6H10O.C4H6O2.8C2H6/c10-9-8-6-2-1-5(3-6)7(8)4-11-9;10-9-7-3-5-1-2-6(7)8(4-5)11-9;9-8-6-2-4-1-5(6)7(3-4)10-8;9-8-7-4-2-1-3-6(7)5-10-8;8-7-4-1-3-2-5(10-7)6(4)9-3;8-7-5-2-1-3-6(4-5)9-7;7-6-4-2-1-3-5-6;5-4-2-1-3-6-4;8*1-2/h2*5-8H,1-4H2;4-7H,1-3H2;6-7H,1-5H2;3-6H,1-2H2;5-6H,1-4H2;1-5H2;1-3H2;8*1-2H3. The van der Waals surface area contributed by atoms with Gasteiger partial charge in [-0.1, -0.05) is 130 Å². The van der Waals surface area contributed by atoms with E-state index in [1.54, 1.807) is 0 Å². The lowest BCUT2D eigenvalue weighted by Gasteiger charge is -2.38. The van der Waals surface area contributed by atoms with Crippen molar-refractivity contribution in [3.05, 3.63) is 0 Å². The van der Waals surface area contributed by atoms with Crippen LogP contribution in [0.25, 0.3) is 0 Å². The molecule has 19 rings (SSSR count). The normalized spacial score (nSPS) is 37.4. The minimum Gasteiger partial charge on any atom is -0.466 e. The predicted octanol–water partition coefficient (Wildman–Crippen LogP) is 16.1. The SMILES string of the molecule is CC.CC.CC.CC.CC.CC.CC.CC.O=C1CCCCC1.O=C1CCCO1.O=C1OC2CC3CC1C2C3.O=C1OC2CC3CC1C2O3.O=C1OC2CC3CCC2C1C3.O=C1OC2CCCC1C2.O=C1OCC2C3CCC(C3)C12.O=C1OCC2CCCCC12. The van der Waals surface area contributed by atoms with Crippen LogP contribution in [0.4, 0.5) is 0 Å². The van der Waals surface area contributed by atoms with Gasteiger partial charge < -0.3 is 37.9 Å². The van der Waals surface area contributed by atoms with Crippen LogP contribution < -0.4 is 0 Å². The first kappa shape index (κ1) is 80.2. The maximum absolute atomic E-state index is 11.2. The molecule has 10 aliphatic carbocycles. The molecule has 520 valence electrons. The fraction of sp³-hybridized carbons (Fsp3) is 0.892. The number of hydrogen-bond donors (Lipinski definition) is 0. The van der Waals surface area contributed by atoms with Gasteiger partial charge >= 0.3 is 41.8 Å². The quantitative estimate of drug-likeness (QED) is 0.163. The van der Waals surface area contributed by atoms with Gasteiger partial charge in [0.1, 0.15) is 36.3 Å². The molecule has 0 aromatic carbocycles. The Balaban J connectivity index is 0.000000261. The Kier molecular flexibility index (Phi) is 38.3. The monoisotopic (exact) mass is 1270 g/mol. The third kappa shape index (κ3) is 21.5. The largest absolute Gasteiger partial charge is 0.466 e. The zero-order valence-corrected chi connectivity index (χ0v) is 59.3. The second kappa shape index (κ2) is 43.0. The molecule has 19 fully saturated rings. The van der Waals surface area contributed by atoms with Crippen LogP contribution >= 0.6 is 0 Å². The number of Topliss-reactive ketones (excluding diaryl/α,β-unsaturated/α-hetero) is 1. The summed E-state index contributed by atoms with van der Waals surface area (Å²) in [5.41, 5.74) is 0. The molecule has 12 bridgehead atoms. The van der Waals surface area contributed by atoms with E-state index in [4.69, 9.17) is 33.2 Å². The molecule has 0 aromatic heterocycles. The lowest BCUT2D eigenvalue weighted by molar-refractivity contribution is -0.144. The summed E-state index contributed by atoms with van der Waals surface area (Å²) in [6, 6.07) is 0. The van der Waals surface area contributed by atoms with E-state index in [1.165, 1.54) is 70.6 Å². The molecule has 0 amide bonds.